The van der Waals surface area contributed by atoms with E-state index in [2.05, 4.69) is 9.47 Å². The fourth-order valence-corrected chi connectivity index (χ4v) is 3.68. The van der Waals surface area contributed by atoms with E-state index in [-0.39, 0.29) is 11.3 Å². The molecule has 0 aliphatic carbocycles. The number of hydrogen-bond donors (Lipinski definition) is 1. The molecule has 1 N–H and O–H groups in total. The highest BCUT2D eigenvalue weighted by molar-refractivity contribution is 7.89. The van der Waals surface area contributed by atoms with Gasteiger partial charge in [-0.25, -0.2) is 13.2 Å². The number of nitrogens with one attached hydrogen (secondary N) is 1. The molecule has 12 heteroatoms. The molecule has 0 unspecified atom stereocenters. The second kappa shape index (κ2) is 6.62. The molecule has 1 heterocycles. The number of thiophene rings is 1. The van der Waals surface area contributed by atoms with Crippen molar-refractivity contribution in [2.24, 2.45) is 0 Å². The molecule has 0 aliphatic rings. The smallest absolute Gasteiger partial charge is 0.425 e. The average Bonchev–Trinajstić information content (AvgIpc) is 2.90. The third kappa shape index (κ3) is 4.18. The van der Waals surface area contributed by atoms with E-state index in [4.69, 9.17) is 0 Å². The molecule has 1 aromatic heterocycles. The third-order valence-corrected chi connectivity index (χ3v) is 4.99. The van der Waals surface area contributed by atoms with Crippen LogP contribution < -0.4 is 4.72 Å². The summed E-state index contributed by atoms with van der Waals surface area (Å²) in [5, 5.41) is 0. The zero-order chi connectivity index (χ0) is 17.1. The van der Waals surface area contributed by atoms with Crippen LogP contribution >= 0.6 is 11.3 Å². The van der Waals surface area contributed by atoms with Gasteiger partial charge in [0.05, 0.1) is 14.2 Å². The lowest BCUT2D eigenvalue weighted by molar-refractivity contribution is -0.139. The number of hydrogen-bond acceptors (Lipinski definition) is 7. The quantitative estimate of drug-likeness (QED) is 0.786. The molecule has 0 saturated carbocycles. The van der Waals surface area contributed by atoms with Crippen LogP contribution in [0.4, 0.5) is 13.2 Å². The minimum absolute atomic E-state index is 0.0689. The van der Waals surface area contributed by atoms with E-state index in [9.17, 15) is 31.2 Å². The molecule has 0 radical (unpaired) electrons. The minimum atomic E-state index is -4.83. The minimum Gasteiger partial charge on any atom is -0.468 e. The number of carbonyl (C=O) groups excluding carboxylic acids is 2. The fourth-order valence-electron chi connectivity index (χ4n) is 1.25. The number of methoxy groups -OCH3 is 2. The molecule has 0 amide bonds. The lowest BCUT2D eigenvalue weighted by Crippen LogP contribution is -2.30. The second-order valence-corrected chi connectivity index (χ2v) is 6.48. The first kappa shape index (κ1) is 18.4. The molecule has 0 aromatic carbocycles. The molecule has 124 valence electrons. The standard InChI is InChI=1S/C10H10F3NO6S2/c1-19-7(15)4-14-22(17,18)5-3-6(10(11,12)13)21-8(5)9(16)20-2/h3,14H,4H2,1-2H3. The predicted octanol–water partition coefficient (Wildman–Crippen LogP) is 1.00. The summed E-state index contributed by atoms with van der Waals surface area (Å²) >= 11 is -0.0689. The highest BCUT2D eigenvalue weighted by Gasteiger charge is 2.38. The SMILES string of the molecule is COC(=O)CNS(=O)(=O)c1cc(C(F)(F)F)sc1C(=O)OC. The molecular weight excluding hydrogens is 351 g/mol. The molecule has 7 nitrogen and oxygen atoms in total. The Bertz CT molecular complexity index is 679. The highest BCUT2D eigenvalue weighted by Crippen LogP contribution is 2.38. The Hall–Kier alpha value is -1.66. The van der Waals surface area contributed by atoms with Gasteiger partial charge in [-0.05, 0) is 6.07 Å². The average molecular weight is 361 g/mol. The van der Waals surface area contributed by atoms with Gasteiger partial charge in [-0.3, -0.25) is 4.79 Å². The van der Waals surface area contributed by atoms with E-state index in [1.165, 1.54) is 0 Å². The molecule has 1 rings (SSSR count). The van der Waals surface area contributed by atoms with Crippen LogP contribution in [-0.4, -0.2) is 41.1 Å². The maximum absolute atomic E-state index is 12.7. The van der Waals surface area contributed by atoms with Crippen LogP contribution in [0, 0.1) is 0 Å². The van der Waals surface area contributed by atoms with Gasteiger partial charge in [0.2, 0.25) is 10.0 Å². The van der Waals surface area contributed by atoms with Crippen molar-refractivity contribution in [2.75, 3.05) is 20.8 Å². The number of esters is 2. The van der Waals surface area contributed by atoms with E-state index in [1.807, 2.05) is 0 Å². The fraction of sp³-hybridized carbons (Fsp3) is 0.400. The first-order chi connectivity index (χ1) is 10.0. The number of halogens is 3. The molecular formula is C10H10F3NO6S2. The lowest BCUT2D eigenvalue weighted by atomic mass is 10.4. The Morgan fingerprint density at radius 3 is 2.32 bits per heavy atom. The van der Waals surface area contributed by atoms with Crippen LogP contribution in [-0.2, 0) is 30.5 Å². The van der Waals surface area contributed by atoms with Gasteiger partial charge in [-0.1, -0.05) is 0 Å². The van der Waals surface area contributed by atoms with Crippen LogP contribution in [0.15, 0.2) is 11.0 Å². The lowest BCUT2D eigenvalue weighted by Gasteiger charge is -2.05. The maximum Gasteiger partial charge on any atom is 0.425 e. The van der Waals surface area contributed by atoms with E-state index >= 15 is 0 Å². The molecule has 0 fully saturated rings. The van der Waals surface area contributed by atoms with Gasteiger partial charge in [0.1, 0.15) is 21.2 Å². The van der Waals surface area contributed by atoms with Gasteiger partial charge in [-0.2, -0.15) is 17.9 Å². The van der Waals surface area contributed by atoms with E-state index in [0.29, 0.717) is 6.07 Å². The highest BCUT2D eigenvalue weighted by atomic mass is 32.2. The molecule has 22 heavy (non-hydrogen) atoms. The summed E-state index contributed by atoms with van der Waals surface area (Å²) in [6.45, 7) is -0.795. The van der Waals surface area contributed by atoms with Crippen LogP contribution in [0.25, 0.3) is 0 Å². The molecule has 0 saturated heterocycles. The van der Waals surface area contributed by atoms with Gasteiger partial charge in [0.15, 0.2) is 0 Å². The van der Waals surface area contributed by atoms with Crippen molar-refractivity contribution in [3.8, 4) is 0 Å². The van der Waals surface area contributed by atoms with Crippen LogP contribution in [0.2, 0.25) is 0 Å². The van der Waals surface area contributed by atoms with E-state index < -0.39 is 49.3 Å². The van der Waals surface area contributed by atoms with Crippen molar-refractivity contribution in [3.05, 3.63) is 15.8 Å². The number of ether oxygens (including phenoxy) is 2. The molecule has 0 aliphatic heterocycles. The summed E-state index contributed by atoms with van der Waals surface area (Å²) in [5.41, 5.74) is 0. The summed E-state index contributed by atoms with van der Waals surface area (Å²) in [6, 6.07) is 0.302. The Morgan fingerprint density at radius 1 is 1.27 bits per heavy atom. The van der Waals surface area contributed by atoms with Crippen molar-refractivity contribution < 1.29 is 40.7 Å². The number of alkyl halides is 3. The Labute approximate surface area is 127 Å². The number of sulfonamides is 1. The molecule has 0 atom stereocenters. The first-order valence-corrected chi connectivity index (χ1v) is 7.68. The van der Waals surface area contributed by atoms with E-state index in [0.717, 1.165) is 14.2 Å². The van der Waals surface area contributed by atoms with Gasteiger partial charge in [0.25, 0.3) is 0 Å². The number of rotatable bonds is 5. The second-order valence-electron chi connectivity index (χ2n) is 3.69. The Morgan fingerprint density at radius 2 is 1.86 bits per heavy atom. The summed E-state index contributed by atoms with van der Waals surface area (Å²) in [4.78, 5) is 19.4. The summed E-state index contributed by atoms with van der Waals surface area (Å²) in [5.74, 6) is -2.19. The summed E-state index contributed by atoms with van der Waals surface area (Å²) < 4.78 is 72.1. The summed E-state index contributed by atoms with van der Waals surface area (Å²) in [7, 11) is -2.63. The monoisotopic (exact) mass is 361 g/mol. The third-order valence-electron chi connectivity index (χ3n) is 2.27. The molecule has 0 bridgehead atoms. The van der Waals surface area contributed by atoms with Gasteiger partial charge >= 0.3 is 18.1 Å². The van der Waals surface area contributed by atoms with Crippen LogP contribution in [0.1, 0.15) is 14.5 Å². The molecule has 1 aromatic rings. The van der Waals surface area contributed by atoms with Crippen molar-refractivity contribution >= 4 is 33.3 Å². The van der Waals surface area contributed by atoms with Gasteiger partial charge in [-0.15, -0.1) is 11.3 Å². The first-order valence-electron chi connectivity index (χ1n) is 5.38. The molecule has 0 spiro atoms. The van der Waals surface area contributed by atoms with Crippen molar-refractivity contribution in [2.45, 2.75) is 11.1 Å². The van der Waals surface area contributed by atoms with Crippen molar-refractivity contribution in [1.29, 1.82) is 0 Å². The van der Waals surface area contributed by atoms with Crippen molar-refractivity contribution in [1.82, 2.24) is 4.72 Å². The van der Waals surface area contributed by atoms with Gasteiger partial charge in [0, 0.05) is 0 Å². The number of carbonyl (C=O) groups is 2. The topological polar surface area (TPSA) is 98.8 Å². The summed E-state index contributed by atoms with van der Waals surface area (Å²) in [6.07, 6.45) is -4.83. The largest absolute Gasteiger partial charge is 0.468 e. The van der Waals surface area contributed by atoms with Crippen LogP contribution in [0.3, 0.4) is 0 Å². The zero-order valence-corrected chi connectivity index (χ0v) is 12.8. The normalized spacial score (nSPS) is 12.0. The van der Waals surface area contributed by atoms with Gasteiger partial charge < -0.3 is 9.47 Å². The predicted molar refractivity (Wildman–Crippen MR) is 67.9 cm³/mol. The maximum atomic E-state index is 12.7. The van der Waals surface area contributed by atoms with E-state index in [1.54, 1.807) is 4.72 Å². The zero-order valence-electron chi connectivity index (χ0n) is 11.2. The Kier molecular flexibility index (Phi) is 5.54. The van der Waals surface area contributed by atoms with Crippen molar-refractivity contribution in [3.63, 3.8) is 0 Å². The van der Waals surface area contributed by atoms with Crippen LogP contribution in [0.5, 0.6) is 0 Å². The Balaban J connectivity index is 3.29.